The topological polar surface area (TPSA) is 77.0 Å². The highest BCUT2D eigenvalue weighted by atomic mass is 16.5. The van der Waals surface area contributed by atoms with E-state index in [1.807, 2.05) is 59.5 Å². The van der Waals surface area contributed by atoms with Gasteiger partial charge in [-0.25, -0.2) is 0 Å². The van der Waals surface area contributed by atoms with Crippen molar-refractivity contribution >= 4 is 11.7 Å². The number of nitrogens with zero attached hydrogens (tertiary/aromatic N) is 4. The first-order valence-electron chi connectivity index (χ1n) is 11.3. The number of piperazine rings is 1. The van der Waals surface area contributed by atoms with Crippen molar-refractivity contribution in [1.82, 2.24) is 15.1 Å². The molecular formula is C26H30N4O4. The summed E-state index contributed by atoms with van der Waals surface area (Å²) in [5.74, 6) is 3.15. The zero-order chi connectivity index (χ0) is 23.9. The number of anilines is 1. The lowest BCUT2D eigenvalue weighted by molar-refractivity contribution is -0.131. The molecule has 3 aromatic rings. The Bertz CT molecular complexity index is 1090. The number of methoxy groups -OCH3 is 3. The fourth-order valence-corrected chi connectivity index (χ4v) is 4.03. The fourth-order valence-electron chi connectivity index (χ4n) is 4.03. The Labute approximate surface area is 200 Å². The second-order valence-corrected chi connectivity index (χ2v) is 8.06. The third kappa shape index (κ3) is 5.39. The Morgan fingerprint density at radius 1 is 0.824 bits per heavy atom. The average molecular weight is 463 g/mol. The van der Waals surface area contributed by atoms with Gasteiger partial charge in [0, 0.05) is 38.2 Å². The molecule has 0 aliphatic carbocycles. The molecule has 0 N–H and O–H groups in total. The maximum absolute atomic E-state index is 12.7. The van der Waals surface area contributed by atoms with Gasteiger partial charge < -0.3 is 24.0 Å². The third-order valence-electron chi connectivity index (χ3n) is 6.07. The molecule has 34 heavy (non-hydrogen) atoms. The number of rotatable bonds is 8. The van der Waals surface area contributed by atoms with Crippen molar-refractivity contribution in [3.63, 3.8) is 0 Å². The van der Waals surface area contributed by atoms with Crippen LogP contribution in [0.2, 0.25) is 0 Å². The van der Waals surface area contributed by atoms with Crippen molar-refractivity contribution in [2.24, 2.45) is 0 Å². The molecule has 0 unspecified atom stereocenters. The van der Waals surface area contributed by atoms with Crippen LogP contribution >= 0.6 is 0 Å². The van der Waals surface area contributed by atoms with E-state index in [1.54, 1.807) is 21.3 Å². The number of aryl methyl sites for hydroxylation is 1. The van der Waals surface area contributed by atoms with Crippen molar-refractivity contribution in [3.05, 3.63) is 60.2 Å². The van der Waals surface area contributed by atoms with Gasteiger partial charge in [-0.2, -0.15) is 0 Å². The first-order chi connectivity index (χ1) is 16.6. The van der Waals surface area contributed by atoms with E-state index >= 15 is 0 Å². The van der Waals surface area contributed by atoms with E-state index in [0.29, 0.717) is 31.0 Å². The van der Waals surface area contributed by atoms with Gasteiger partial charge in [-0.15, -0.1) is 10.2 Å². The number of ether oxygens (including phenoxy) is 3. The van der Waals surface area contributed by atoms with Crippen molar-refractivity contribution in [1.29, 1.82) is 0 Å². The van der Waals surface area contributed by atoms with Gasteiger partial charge in [0.15, 0.2) is 17.3 Å². The van der Waals surface area contributed by atoms with Crippen LogP contribution in [0, 0.1) is 0 Å². The van der Waals surface area contributed by atoms with E-state index in [4.69, 9.17) is 14.2 Å². The van der Waals surface area contributed by atoms with Crippen molar-refractivity contribution < 1.29 is 19.0 Å². The van der Waals surface area contributed by atoms with Crippen LogP contribution in [-0.4, -0.2) is 68.5 Å². The van der Waals surface area contributed by atoms with Crippen molar-refractivity contribution in [2.45, 2.75) is 12.8 Å². The molecule has 0 bridgehead atoms. The predicted molar refractivity (Wildman–Crippen MR) is 131 cm³/mol. The van der Waals surface area contributed by atoms with Crippen LogP contribution < -0.4 is 19.1 Å². The van der Waals surface area contributed by atoms with Gasteiger partial charge in [0.25, 0.3) is 0 Å². The highest BCUT2D eigenvalue weighted by Crippen LogP contribution is 2.31. The van der Waals surface area contributed by atoms with Crippen LogP contribution in [0.5, 0.6) is 17.2 Å². The Morgan fingerprint density at radius 3 is 2.18 bits per heavy atom. The Hall–Kier alpha value is -3.81. The summed E-state index contributed by atoms with van der Waals surface area (Å²) in [6, 6.07) is 17.5. The highest BCUT2D eigenvalue weighted by Gasteiger charge is 2.22. The van der Waals surface area contributed by atoms with Gasteiger partial charge in [0.2, 0.25) is 5.91 Å². The minimum Gasteiger partial charge on any atom is -0.497 e. The normalized spacial score (nSPS) is 13.5. The van der Waals surface area contributed by atoms with Crippen LogP contribution in [0.3, 0.4) is 0 Å². The maximum atomic E-state index is 12.7. The van der Waals surface area contributed by atoms with E-state index in [9.17, 15) is 4.79 Å². The zero-order valence-corrected chi connectivity index (χ0v) is 19.9. The molecule has 8 heteroatoms. The molecule has 1 aliphatic rings. The molecular weight excluding hydrogens is 432 g/mol. The fraction of sp³-hybridized carbons (Fsp3) is 0.346. The lowest BCUT2D eigenvalue weighted by Gasteiger charge is -2.35. The minimum absolute atomic E-state index is 0.186. The number of carbonyl (C=O) groups excluding carboxylic acids is 1. The Balaban J connectivity index is 1.30. The maximum Gasteiger partial charge on any atom is 0.223 e. The van der Waals surface area contributed by atoms with E-state index < -0.39 is 0 Å². The van der Waals surface area contributed by atoms with E-state index in [-0.39, 0.29) is 5.91 Å². The number of aromatic nitrogens is 2. The van der Waals surface area contributed by atoms with Gasteiger partial charge in [-0.05, 0) is 54.4 Å². The summed E-state index contributed by atoms with van der Waals surface area (Å²) in [7, 11) is 4.87. The molecule has 1 aromatic heterocycles. The number of amides is 1. The predicted octanol–water partition coefficient (Wildman–Crippen LogP) is 3.45. The summed E-state index contributed by atoms with van der Waals surface area (Å²) >= 11 is 0. The number of carbonyl (C=O) groups is 1. The van der Waals surface area contributed by atoms with Gasteiger partial charge in [-0.3, -0.25) is 4.79 Å². The van der Waals surface area contributed by atoms with Crippen molar-refractivity contribution in [3.8, 4) is 28.5 Å². The lowest BCUT2D eigenvalue weighted by atomic mass is 10.1. The molecule has 178 valence electrons. The summed E-state index contributed by atoms with van der Waals surface area (Å²) in [6.07, 6.45) is 1.23. The van der Waals surface area contributed by atoms with E-state index in [2.05, 4.69) is 15.1 Å². The van der Waals surface area contributed by atoms with E-state index in [0.717, 1.165) is 47.9 Å². The molecule has 1 fully saturated rings. The largest absolute Gasteiger partial charge is 0.497 e. The molecule has 0 saturated carbocycles. The molecule has 0 atom stereocenters. The Morgan fingerprint density at radius 2 is 1.56 bits per heavy atom. The molecule has 0 spiro atoms. The van der Waals surface area contributed by atoms with Crippen LogP contribution in [-0.2, 0) is 11.2 Å². The standard InChI is InChI=1S/C26H30N4O4/c1-32-21-8-4-19(5-9-21)6-13-26(31)30-16-14-29(15-17-30)25-12-10-22(27-28-25)20-7-11-23(33-2)24(18-20)34-3/h4-5,7-12,18H,6,13-17H2,1-3H3. The molecule has 8 nitrogen and oxygen atoms in total. The van der Waals surface area contributed by atoms with Crippen LogP contribution in [0.4, 0.5) is 5.82 Å². The average Bonchev–Trinajstić information content (AvgIpc) is 2.91. The second-order valence-electron chi connectivity index (χ2n) is 8.06. The number of hydrogen-bond donors (Lipinski definition) is 0. The molecule has 2 heterocycles. The molecule has 1 amide bonds. The molecule has 0 radical (unpaired) electrons. The zero-order valence-electron chi connectivity index (χ0n) is 19.9. The van der Waals surface area contributed by atoms with Gasteiger partial charge in [0.1, 0.15) is 5.75 Å². The smallest absolute Gasteiger partial charge is 0.223 e. The van der Waals surface area contributed by atoms with Gasteiger partial charge in [0.05, 0.1) is 27.0 Å². The molecule has 1 aliphatic heterocycles. The van der Waals surface area contributed by atoms with Gasteiger partial charge in [-0.1, -0.05) is 12.1 Å². The first kappa shape index (κ1) is 23.4. The summed E-state index contributed by atoms with van der Waals surface area (Å²) in [6.45, 7) is 2.83. The van der Waals surface area contributed by atoms with Crippen molar-refractivity contribution in [2.75, 3.05) is 52.4 Å². The molecule has 2 aromatic carbocycles. The quantitative estimate of drug-likeness (QED) is 0.507. The summed E-state index contributed by atoms with van der Waals surface area (Å²) in [4.78, 5) is 16.8. The molecule has 1 saturated heterocycles. The Kier molecular flexibility index (Phi) is 7.47. The minimum atomic E-state index is 0.186. The third-order valence-corrected chi connectivity index (χ3v) is 6.07. The first-order valence-corrected chi connectivity index (χ1v) is 11.3. The van der Waals surface area contributed by atoms with Crippen LogP contribution in [0.1, 0.15) is 12.0 Å². The van der Waals surface area contributed by atoms with Crippen LogP contribution in [0.25, 0.3) is 11.3 Å². The number of benzene rings is 2. The lowest BCUT2D eigenvalue weighted by Crippen LogP contribution is -2.49. The number of hydrogen-bond acceptors (Lipinski definition) is 7. The SMILES string of the molecule is COc1ccc(CCC(=O)N2CCN(c3ccc(-c4ccc(OC)c(OC)c4)nn3)CC2)cc1. The molecule has 4 rings (SSSR count). The summed E-state index contributed by atoms with van der Waals surface area (Å²) < 4.78 is 15.9. The van der Waals surface area contributed by atoms with Gasteiger partial charge >= 0.3 is 0 Å². The van der Waals surface area contributed by atoms with Crippen LogP contribution in [0.15, 0.2) is 54.6 Å². The van der Waals surface area contributed by atoms with E-state index in [1.165, 1.54) is 0 Å². The monoisotopic (exact) mass is 462 g/mol. The summed E-state index contributed by atoms with van der Waals surface area (Å²) in [5, 5.41) is 8.83. The second kappa shape index (κ2) is 10.9. The summed E-state index contributed by atoms with van der Waals surface area (Å²) in [5.41, 5.74) is 2.80. The highest BCUT2D eigenvalue weighted by molar-refractivity contribution is 5.76.